The number of hydrogen-bond acceptors (Lipinski definition) is 2. The van der Waals surface area contributed by atoms with E-state index in [9.17, 15) is 13.2 Å². The first-order chi connectivity index (χ1) is 7.51. The number of aliphatic hydroxyl groups excluding tert-OH is 1. The van der Waals surface area contributed by atoms with Crippen LogP contribution in [0.3, 0.4) is 0 Å². The summed E-state index contributed by atoms with van der Waals surface area (Å²) < 4.78 is 39.1. The normalized spacial score (nSPS) is 10.5. The summed E-state index contributed by atoms with van der Waals surface area (Å²) in [6, 6.07) is 5.23. The van der Waals surface area contributed by atoms with E-state index in [2.05, 4.69) is 16.6 Å². The van der Waals surface area contributed by atoms with Gasteiger partial charge in [-0.05, 0) is 24.3 Å². The fourth-order valence-electron chi connectivity index (χ4n) is 0.960. The predicted octanol–water partition coefficient (Wildman–Crippen LogP) is 2.32. The molecule has 2 nitrogen and oxygen atoms in total. The van der Waals surface area contributed by atoms with E-state index in [0.717, 1.165) is 0 Å². The lowest BCUT2D eigenvalue weighted by Crippen LogP contribution is -2.16. The van der Waals surface area contributed by atoms with Crippen LogP contribution in [0.25, 0.3) is 0 Å². The Morgan fingerprint density at radius 3 is 2.31 bits per heavy atom. The number of rotatable bonds is 2. The highest BCUT2D eigenvalue weighted by Gasteiger charge is 2.30. The van der Waals surface area contributed by atoms with Gasteiger partial charge in [0, 0.05) is 12.0 Å². The van der Waals surface area contributed by atoms with Gasteiger partial charge < -0.3 is 9.84 Å². The van der Waals surface area contributed by atoms with Gasteiger partial charge in [-0.15, -0.1) is 13.2 Å². The third-order valence-electron chi connectivity index (χ3n) is 1.56. The number of hydrogen-bond donors (Lipinski definition) is 1. The first-order valence-electron chi connectivity index (χ1n) is 4.47. The van der Waals surface area contributed by atoms with Crippen molar-refractivity contribution in [3.63, 3.8) is 0 Å². The fraction of sp³-hybridized carbons (Fsp3) is 0.273. The van der Waals surface area contributed by atoms with Crippen molar-refractivity contribution >= 4 is 0 Å². The van der Waals surface area contributed by atoms with Gasteiger partial charge in [-0.25, -0.2) is 0 Å². The monoisotopic (exact) mass is 230 g/mol. The van der Waals surface area contributed by atoms with E-state index in [1.807, 2.05) is 0 Å². The Labute approximate surface area is 90.7 Å². The van der Waals surface area contributed by atoms with Crippen LogP contribution in [0, 0.1) is 11.8 Å². The molecule has 1 N–H and O–H groups in total. The van der Waals surface area contributed by atoms with Crippen molar-refractivity contribution in [1.29, 1.82) is 0 Å². The van der Waals surface area contributed by atoms with Crippen molar-refractivity contribution in [3.8, 4) is 17.6 Å². The van der Waals surface area contributed by atoms with E-state index < -0.39 is 6.36 Å². The summed E-state index contributed by atoms with van der Waals surface area (Å²) in [6.07, 6.45) is -4.34. The molecule has 16 heavy (non-hydrogen) atoms. The summed E-state index contributed by atoms with van der Waals surface area (Å²) >= 11 is 0. The number of ether oxygens (including phenoxy) is 1. The second-order valence-corrected chi connectivity index (χ2v) is 2.85. The van der Waals surface area contributed by atoms with Crippen molar-refractivity contribution in [2.75, 3.05) is 6.61 Å². The summed E-state index contributed by atoms with van der Waals surface area (Å²) in [6.45, 7) is -0.0394. The molecule has 0 amide bonds. The van der Waals surface area contributed by atoms with Crippen LogP contribution in [0.1, 0.15) is 12.0 Å². The summed E-state index contributed by atoms with van der Waals surface area (Å²) in [5.41, 5.74) is 0.572. The van der Waals surface area contributed by atoms with E-state index in [1.165, 1.54) is 24.3 Å². The van der Waals surface area contributed by atoms with E-state index in [-0.39, 0.29) is 12.4 Å². The highest BCUT2D eigenvalue weighted by atomic mass is 19.4. The maximum atomic E-state index is 11.8. The van der Waals surface area contributed by atoms with Crippen LogP contribution in [0.15, 0.2) is 24.3 Å². The molecule has 0 aliphatic heterocycles. The maximum Gasteiger partial charge on any atom is 0.573 e. The summed E-state index contributed by atoms with van der Waals surface area (Å²) in [4.78, 5) is 0. The third kappa shape index (κ3) is 4.71. The van der Waals surface area contributed by atoms with E-state index >= 15 is 0 Å². The topological polar surface area (TPSA) is 29.5 Å². The fourth-order valence-corrected chi connectivity index (χ4v) is 0.960. The van der Waals surface area contributed by atoms with Gasteiger partial charge >= 0.3 is 6.36 Å². The van der Waals surface area contributed by atoms with Crippen molar-refractivity contribution < 1.29 is 23.0 Å². The molecule has 0 aromatic heterocycles. The van der Waals surface area contributed by atoms with E-state index in [4.69, 9.17) is 5.11 Å². The average molecular weight is 230 g/mol. The molecule has 0 saturated heterocycles. The second-order valence-electron chi connectivity index (χ2n) is 2.85. The number of halogens is 3. The molecule has 1 aromatic carbocycles. The van der Waals surface area contributed by atoms with Crippen LogP contribution >= 0.6 is 0 Å². The van der Waals surface area contributed by atoms with Crippen molar-refractivity contribution in [3.05, 3.63) is 29.8 Å². The first-order valence-corrected chi connectivity index (χ1v) is 4.47. The Morgan fingerprint density at radius 2 is 1.81 bits per heavy atom. The first kappa shape index (κ1) is 12.4. The average Bonchev–Trinajstić information content (AvgIpc) is 2.19. The summed E-state index contributed by atoms with van der Waals surface area (Å²) in [7, 11) is 0. The molecule has 0 aliphatic rings. The SMILES string of the molecule is OCCC#Cc1ccc(OC(F)(F)F)cc1. The van der Waals surface area contributed by atoms with Crippen LogP contribution in [0.5, 0.6) is 5.75 Å². The predicted molar refractivity (Wildman–Crippen MR) is 51.7 cm³/mol. The van der Waals surface area contributed by atoms with Gasteiger partial charge in [0.2, 0.25) is 0 Å². The molecule has 1 aromatic rings. The lowest BCUT2D eigenvalue weighted by Gasteiger charge is -2.07. The molecule has 0 atom stereocenters. The smallest absolute Gasteiger partial charge is 0.406 e. The Kier molecular flexibility index (Phi) is 4.20. The molecule has 0 saturated carbocycles. The van der Waals surface area contributed by atoms with Crippen LogP contribution < -0.4 is 4.74 Å². The lowest BCUT2D eigenvalue weighted by molar-refractivity contribution is -0.274. The van der Waals surface area contributed by atoms with Crippen LogP contribution in [0.4, 0.5) is 13.2 Å². The molecule has 0 spiro atoms. The quantitative estimate of drug-likeness (QED) is 0.790. The third-order valence-corrected chi connectivity index (χ3v) is 1.56. The van der Waals surface area contributed by atoms with Gasteiger partial charge in [0.15, 0.2) is 0 Å². The Balaban J connectivity index is 2.66. The zero-order chi connectivity index (χ0) is 12.0. The van der Waals surface area contributed by atoms with Crippen LogP contribution in [-0.2, 0) is 0 Å². The van der Waals surface area contributed by atoms with Crippen molar-refractivity contribution in [2.45, 2.75) is 12.8 Å². The van der Waals surface area contributed by atoms with Crippen molar-refractivity contribution in [2.24, 2.45) is 0 Å². The van der Waals surface area contributed by atoms with Crippen molar-refractivity contribution in [1.82, 2.24) is 0 Å². The lowest BCUT2D eigenvalue weighted by atomic mass is 10.2. The number of benzene rings is 1. The maximum absolute atomic E-state index is 11.8. The van der Waals surface area contributed by atoms with Crippen LogP contribution in [-0.4, -0.2) is 18.1 Å². The minimum Gasteiger partial charge on any atom is -0.406 e. The molecule has 0 aliphatic carbocycles. The van der Waals surface area contributed by atoms with Gasteiger partial charge in [0.05, 0.1) is 6.61 Å². The molecule has 0 bridgehead atoms. The number of aliphatic hydroxyl groups is 1. The minimum atomic E-state index is -4.68. The second kappa shape index (κ2) is 5.42. The Bertz CT molecular complexity index is 384. The van der Waals surface area contributed by atoms with Gasteiger partial charge in [-0.2, -0.15) is 0 Å². The summed E-state index contributed by atoms with van der Waals surface area (Å²) in [5.74, 6) is 5.07. The highest BCUT2D eigenvalue weighted by molar-refractivity contribution is 5.38. The molecule has 0 radical (unpaired) electrons. The Morgan fingerprint density at radius 1 is 1.19 bits per heavy atom. The molecular formula is C11H9F3O2. The van der Waals surface area contributed by atoms with E-state index in [1.54, 1.807) is 0 Å². The van der Waals surface area contributed by atoms with E-state index in [0.29, 0.717) is 12.0 Å². The Hall–Kier alpha value is -1.67. The zero-order valence-corrected chi connectivity index (χ0v) is 8.21. The van der Waals surface area contributed by atoms with Gasteiger partial charge in [-0.3, -0.25) is 0 Å². The van der Waals surface area contributed by atoms with Gasteiger partial charge in [0.25, 0.3) is 0 Å². The standard InChI is InChI=1S/C11H9F3O2/c12-11(13,14)16-10-6-4-9(5-7-10)3-1-2-8-15/h4-7,15H,2,8H2. The molecule has 1 rings (SSSR count). The molecule has 0 fully saturated rings. The number of alkyl halides is 3. The minimum absolute atomic E-state index is 0.0394. The molecule has 5 heteroatoms. The molecule has 0 heterocycles. The molecular weight excluding hydrogens is 221 g/mol. The highest BCUT2D eigenvalue weighted by Crippen LogP contribution is 2.22. The zero-order valence-electron chi connectivity index (χ0n) is 8.21. The summed E-state index contributed by atoms with van der Waals surface area (Å²) in [5, 5.41) is 8.47. The van der Waals surface area contributed by atoms with Crippen LogP contribution in [0.2, 0.25) is 0 Å². The van der Waals surface area contributed by atoms with Gasteiger partial charge in [0.1, 0.15) is 5.75 Å². The molecule has 0 unspecified atom stereocenters. The van der Waals surface area contributed by atoms with Gasteiger partial charge in [-0.1, -0.05) is 11.8 Å². The largest absolute Gasteiger partial charge is 0.573 e. The molecule has 86 valence electrons.